The van der Waals surface area contributed by atoms with Gasteiger partial charge in [0.25, 0.3) is 0 Å². The van der Waals surface area contributed by atoms with Gasteiger partial charge >= 0.3 is 5.97 Å². The van der Waals surface area contributed by atoms with Crippen molar-refractivity contribution >= 4 is 35.1 Å². The molecule has 2 fully saturated rings. The average molecular weight is 624 g/mol. The van der Waals surface area contributed by atoms with Crippen molar-refractivity contribution in [3.8, 4) is 0 Å². The van der Waals surface area contributed by atoms with Crippen molar-refractivity contribution in [3.63, 3.8) is 0 Å². The van der Waals surface area contributed by atoms with E-state index in [1.807, 2.05) is 55.7 Å². The number of amides is 2. The molecule has 0 N–H and O–H groups in total. The van der Waals surface area contributed by atoms with E-state index >= 15 is 0 Å². The molecule has 240 valence electrons. The van der Waals surface area contributed by atoms with Gasteiger partial charge in [-0.3, -0.25) is 14.4 Å². The molecule has 0 saturated carbocycles. The number of anilines is 1. The molecule has 8 heteroatoms. The molecule has 0 radical (unpaired) electrons. The van der Waals surface area contributed by atoms with Crippen LogP contribution in [-0.2, 0) is 31.0 Å². The number of rotatable bonds is 11. The number of benzene rings is 2. The predicted octanol–water partition coefficient (Wildman–Crippen LogP) is 6.43. The molecular formula is C36H50ClN3O4. The number of ether oxygens (including phenoxy) is 1. The third-order valence-electron chi connectivity index (χ3n) is 9.57. The van der Waals surface area contributed by atoms with E-state index in [-0.39, 0.29) is 23.7 Å². The van der Waals surface area contributed by atoms with Gasteiger partial charge in [-0.15, -0.1) is 0 Å². The zero-order valence-corrected chi connectivity index (χ0v) is 28.0. The highest BCUT2D eigenvalue weighted by atomic mass is 35.5. The van der Waals surface area contributed by atoms with Gasteiger partial charge in [0.15, 0.2) is 0 Å². The highest BCUT2D eigenvalue weighted by Crippen LogP contribution is 2.29. The summed E-state index contributed by atoms with van der Waals surface area (Å²) < 4.78 is 5.27. The zero-order valence-electron chi connectivity index (χ0n) is 27.2. The predicted molar refractivity (Wildman–Crippen MR) is 177 cm³/mol. The molecule has 2 aliphatic heterocycles. The Morgan fingerprint density at radius 1 is 0.977 bits per heavy atom. The van der Waals surface area contributed by atoms with Crippen LogP contribution in [0.25, 0.3) is 0 Å². The van der Waals surface area contributed by atoms with Gasteiger partial charge < -0.3 is 19.4 Å². The van der Waals surface area contributed by atoms with Crippen LogP contribution in [0.4, 0.5) is 5.69 Å². The number of carbonyl (C=O) groups excluding carboxylic acids is 3. The van der Waals surface area contributed by atoms with Crippen LogP contribution in [0.1, 0.15) is 76.5 Å². The maximum atomic E-state index is 13.8. The molecule has 44 heavy (non-hydrogen) atoms. The lowest BCUT2D eigenvalue weighted by Gasteiger charge is -2.35. The molecule has 4 rings (SSSR count). The van der Waals surface area contributed by atoms with Crippen LogP contribution >= 0.6 is 11.6 Å². The van der Waals surface area contributed by atoms with Crippen molar-refractivity contribution in [2.45, 2.75) is 78.6 Å². The highest BCUT2D eigenvalue weighted by Gasteiger charge is 2.32. The number of hydrogen-bond donors (Lipinski definition) is 0. The molecule has 0 unspecified atom stereocenters. The maximum Gasteiger partial charge on any atom is 0.315 e. The lowest BCUT2D eigenvalue weighted by molar-refractivity contribution is -0.148. The van der Waals surface area contributed by atoms with Crippen LogP contribution in [0.15, 0.2) is 42.5 Å². The number of piperidine rings is 2. The van der Waals surface area contributed by atoms with Crippen LogP contribution in [-0.4, -0.2) is 73.5 Å². The third-order valence-corrected chi connectivity index (χ3v) is 9.98. The second-order valence-electron chi connectivity index (χ2n) is 13.1. The van der Waals surface area contributed by atoms with Gasteiger partial charge in [-0.05, 0) is 121 Å². The summed E-state index contributed by atoms with van der Waals surface area (Å²) in [6.07, 6.45) is 5.66. The molecule has 2 heterocycles. The van der Waals surface area contributed by atoms with Gasteiger partial charge in [0.2, 0.25) is 11.8 Å². The Balaban J connectivity index is 1.28. The van der Waals surface area contributed by atoms with E-state index in [1.54, 1.807) is 6.92 Å². The number of aryl methyl sites for hydroxylation is 1. The van der Waals surface area contributed by atoms with Crippen LogP contribution in [0.5, 0.6) is 0 Å². The molecule has 7 nitrogen and oxygen atoms in total. The van der Waals surface area contributed by atoms with E-state index < -0.39 is 5.41 Å². The van der Waals surface area contributed by atoms with E-state index in [0.717, 1.165) is 62.1 Å². The molecule has 0 spiro atoms. The molecule has 0 aromatic heterocycles. The third kappa shape index (κ3) is 8.63. The summed E-state index contributed by atoms with van der Waals surface area (Å²) in [5, 5.41) is 0.672. The van der Waals surface area contributed by atoms with Crippen LogP contribution < -0.4 is 4.90 Å². The number of esters is 1. The fourth-order valence-corrected chi connectivity index (χ4v) is 6.64. The summed E-state index contributed by atoms with van der Waals surface area (Å²) in [5.74, 6) is 0.596. The molecule has 2 aromatic rings. The van der Waals surface area contributed by atoms with E-state index in [9.17, 15) is 14.4 Å². The van der Waals surface area contributed by atoms with Gasteiger partial charge in [-0.25, -0.2) is 0 Å². The first-order valence-corrected chi connectivity index (χ1v) is 16.7. The first-order valence-electron chi connectivity index (χ1n) is 16.3. The molecule has 2 aromatic carbocycles. The minimum absolute atomic E-state index is 0.0771. The highest BCUT2D eigenvalue weighted by molar-refractivity contribution is 6.31. The SMILES string of the molecule is CCOC(=O)C(C)(C)c1ccc(CC2CCN(CCCN(C(=O)C3CCN(C(C)=O)CC3)c3ccc(C)c(Cl)c3)CC2)cc1. The summed E-state index contributed by atoms with van der Waals surface area (Å²) in [4.78, 5) is 44.2. The summed E-state index contributed by atoms with van der Waals surface area (Å²) >= 11 is 6.47. The van der Waals surface area contributed by atoms with Gasteiger partial charge in [0.1, 0.15) is 0 Å². The molecule has 0 bridgehead atoms. The summed E-state index contributed by atoms with van der Waals surface area (Å²) in [5.41, 5.74) is 3.49. The summed E-state index contributed by atoms with van der Waals surface area (Å²) in [6, 6.07) is 14.4. The fraction of sp³-hybridized carbons (Fsp3) is 0.583. The smallest absolute Gasteiger partial charge is 0.315 e. The van der Waals surface area contributed by atoms with Crippen molar-refractivity contribution in [2.24, 2.45) is 11.8 Å². The normalized spacial score (nSPS) is 17.0. The number of halogens is 1. The molecular weight excluding hydrogens is 574 g/mol. The first-order chi connectivity index (χ1) is 21.0. The lowest BCUT2D eigenvalue weighted by Crippen LogP contribution is -2.45. The summed E-state index contributed by atoms with van der Waals surface area (Å²) in [6.45, 7) is 14.6. The van der Waals surface area contributed by atoms with Crippen molar-refractivity contribution < 1.29 is 19.1 Å². The van der Waals surface area contributed by atoms with Gasteiger partial charge in [-0.2, -0.15) is 0 Å². The average Bonchev–Trinajstić information content (AvgIpc) is 3.01. The molecule has 2 aliphatic rings. The zero-order chi connectivity index (χ0) is 31.9. The lowest BCUT2D eigenvalue weighted by atomic mass is 9.83. The minimum atomic E-state index is -0.654. The van der Waals surface area contributed by atoms with Gasteiger partial charge in [-0.1, -0.05) is 41.9 Å². The number of carbonyl (C=O) groups is 3. The maximum absolute atomic E-state index is 13.8. The fourth-order valence-electron chi connectivity index (χ4n) is 6.46. The number of hydrogen-bond acceptors (Lipinski definition) is 5. The Kier molecular flexibility index (Phi) is 11.9. The number of likely N-dealkylation sites (tertiary alicyclic amines) is 2. The van der Waals surface area contributed by atoms with Crippen molar-refractivity contribution in [3.05, 3.63) is 64.2 Å². The first kappa shape index (κ1) is 34.0. The van der Waals surface area contributed by atoms with E-state index in [0.29, 0.717) is 50.0 Å². The molecule has 0 atom stereocenters. The summed E-state index contributed by atoms with van der Waals surface area (Å²) in [7, 11) is 0. The van der Waals surface area contributed by atoms with E-state index in [2.05, 4.69) is 29.2 Å². The number of nitrogens with zero attached hydrogens (tertiary/aromatic N) is 3. The van der Waals surface area contributed by atoms with Gasteiger partial charge in [0, 0.05) is 43.2 Å². The van der Waals surface area contributed by atoms with Crippen molar-refractivity contribution in [1.82, 2.24) is 9.80 Å². The van der Waals surface area contributed by atoms with E-state index in [4.69, 9.17) is 16.3 Å². The Hall–Kier alpha value is -2.90. The second kappa shape index (κ2) is 15.4. The Morgan fingerprint density at radius 2 is 1.64 bits per heavy atom. The quantitative estimate of drug-likeness (QED) is 0.270. The molecule has 2 saturated heterocycles. The van der Waals surface area contributed by atoms with Crippen LogP contribution in [0.3, 0.4) is 0 Å². The standard InChI is InChI=1S/C36H50ClN3O4/c1-6-44-35(43)36(4,5)31-11-9-28(10-12-31)24-29-14-20-38(21-15-29)18-7-19-40(32-13-8-26(2)33(37)25-32)34(42)30-16-22-39(23-17-30)27(3)41/h8-13,25,29-30H,6-7,14-24H2,1-5H3. The Bertz CT molecular complexity index is 1280. The van der Waals surface area contributed by atoms with E-state index in [1.165, 1.54) is 5.56 Å². The van der Waals surface area contributed by atoms with Crippen LogP contribution in [0.2, 0.25) is 5.02 Å². The van der Waals surface area contributed by atoms with Gasteiger partial charge in [0.05, 0.1) is 12.0 Å². The topological polar surface area (TPSA) is 70.2 Å². The monoisotopic (exact) mass is 623 g/mol. The second-order valence-corrected chi connectivity index (χ2v) is 13.5. The van der Waals surface area contributed by atoms with Crippen molar-refractivity contribution in [2.75, 3.05) is 50.8 Å². The van der Waals surface area contributed by atoms with Crippen molar-refractivity contribution in [1.29, 1.82) is 0 Å². The molecule has 0 aliphatic carbocycles. The Labute approximate surface area is 268 Å². The minimum Gasteiger partial charge on any atom is -0.465 e. The Morgan fingerprint density at radius 3 is 2.23 bits per heavy atom. The molecule has 2 amide bonds. The largest absolute Gasteiger partial charge is 0.465 e. The van der Waals surface area contributed by atoms with Crippen LogP contribution in [0, 0.1) is 18.8 Å².